The summed E-state index contributed by atoms with van der Waals surface area (Å²) in [6.45, 7) is 11.3. The number of para-hydroxylation sites is 1. The quantitative estimate of drug-likeness (QED) is 0.725. The number of anilines is 1. The first-order valence-electron chi connectivity index (χ1n) is 10.5. The van der Waals surface area contributed by atoms with E-state index in [1.807, 2.05) is 26.8 Å². The van der Waals surface area contributed by atoms with Gasteiger partial charge >= 0.3 is 12.1 Å². The number of hydrogen-bond donors (Lipinski definition) is 1. The molecule has 0 aliphatic carbocycles. The summed E-state index contributed by atoms with van der Waals surface area (Å²) in [4.78, 5) is 37.0. The van der Waals surface area contributed by atoms with E-state index in [1.165, 1.54) is 13.4 Å². The first-order valence-corrected chi connectivity index (χ1v) is 10.5. The molecule has 1 amide bonds. The van der Waals surface area contributed by atoms with Crippen molar-refractivity contribution in [2.24, 2.45) is 0 Å². The van der Waals surface area contributed by atoms with Gasteiger partial charge in [0.05, 0.1) is 18.2 Å². The van der Waals surface area contributed by atoms with Crippen molar-refractivity contribution in [3.05, 3.63) is 30.1 Å². The fourth-order valence-corrected chi connectivity index (χ4v) is 3.58. The molecule has 1 atom stereocenters. The van der Waals surface area contributed by atoms with E-state index in [2.05, 4.69) is 27.1 Å². The average molecular weight is 430 g/mol. The van der Waals surface area contributed by atoms with Crippen molar-refractivity contribution < 1.29 is 19.1 Å². The van der Waals surface area contributed by atoms with Crippen LogP contribution in [0.4, 0.5) is 10.6 Å². The normalized spacial score (nSPS) is 16.1. The van der Waals surface area contributed by atoms with Crippen LogP contribution in [0.15, 0.2) is 24.5 Å². The molecule has 9 heteroatoms. The van der Waals surface area contributed by atoms with Gasteiger partial charge < -0.3 is 19.7 Å². The van der Waals surface area contributed by atoms with Gasteiger partial charge in [0, 0.05) is 44.2 Å². The number of carbonyl (C=O) groups is 2. The lowest BCUT2D eigenvalue weighted by Crippen LogP contribution is -2.51. The van der Waals surface area contributed by atoms with Crippen molar-refractivity contribution in [3.63, 3.8) is 0 Å². The number of aromatic nitrogens is 2. The number of piperazine rings is 1. The Hall–Kier alpha value is -2.94. The molecule has 1 aromatic carbocycles. The molecule has 168 valence electrons. The molecule has 1 aliphatic heterocycles. The Balaban J connectivity index is 1.60. The topological polar surface area (TPSA) is 96.9 Å². The van der Waals surface area contributed by atoms with Gasteiger partial charge in [-0.15, -0.1) is 0 Å². The molecule has 2 aromatic rings. The maximum absolute atomic E-state index is 12.2. The van der Waals surface area contributed by atoms with Gasteiger partial charge in [0.2, 0.25) is 0 Å². The lowest BCUT2D eigenvalue weighted by Gasteiger charge is -2.36. The first-order chi connectivity index (χ1) is 14.7. The van der Waals surface area contributed by atoms with Crippen LogP contribution in [0.1, 0.15) is 38.1 Å². The third-order valence-electron chi connectivity index (χ3n) is 5.01. The van der Waals surface area contributed by atoms with Crippen LogP contribution in [0, 0.1) is 0 Å². The lowest BCUT2D eigenvalue weighted by atomic mass is 10.1. The number of benzene rings is 1. The molecule has 0 radical (unpaired) electrons. The molecule has 0 unspecified atom stereocenters. The second-order valence-corrected chi connectivity index (χ2v) is 8.73. The van der Waals surface area contributed by atoms with Crippen LogP contribution in [-0.2, 0) is 9.47 Å². The minimum Gasteiger partial charge on any atom is -0.465 e. The van der Waals surface area contributed by atoms with Gasteiger partial charge in [0.1, 0.15) is 17.7 Å². The molecule has 1 N–H and O–H groups in total. The smallest absolute Gasteiger partial charge is 0.410 e. The van der Waals surface area contributed by atoms with E-state index < -0.39 is 11.6 Å². The van der Waals surface area contributed by atoms with E-state index in [4.69, 9.17) is 9.47 Å². The summed E-state index contributed by atoms with van der Waals surface area (Å²) in [6, 6.07) is 5.48. The Morgan fingerprint density at radius 3 is 2.52 bits per heavy atom. The molecule has 9 nitrogen and oxygen atoms in total. The number of esters is 1. The summed E-state index contributed by atoms with van der Waals surface area (Å²) in [7, 11) is 1.35. The SMILES string of the molecule is COC(=O)c1cccc2c(N[C@@H](C)CN3CCN(C(=O)OC(C)(C)C)CC3)ncnc12. The van der Waals surface area contributed by atoms with E-state index in [-0.39, 0.29) is 12.1 Å². The summed E-state index contributed by atoms with van der Waals surface area (Å²) in [6.07, 6.45) is 1.19. The second-order valence-electron chi connectivity index (χ2n) is 8.73. The molecule has 0 spiro atoms. The number of amides is 1. The molecule has 1 saturated heterocycles. The van der Waals surface area contributed by atoms with E-state index in [0.717, 1.165) is 25.0 Å². The standard InChI is InChI=1S/C22H31N5O4/c1-15(13-26-9-11-27(12-10-26)21(29)31-22(2,3)4)25-19-16-7-6-8-17(20(28)30-5)18(16)23-14-24-19/h6-8,14-15H,9-13H2,1-5H3,(H,23,24,25)/t15-/m0/s1. The fourth-order valence-electron chi connectivity index (χ4n) is 3.58. The fraction of sp³-hybridized carbons (Fsp3) is 0.545. The van der Waals surface area contributed by atoms with Crippen LogP contribution in [0.25, 0.3) is 10.9 Å². The van der Waals surface area contributed by atoms with Gasteiger partial charge in [-0.3, -0.25) is 4.90 Å². The zero-order valence-corrected chi connectivity index (χ0v) is 18.8. The molecular weight excluding hydrogens is 398 g/mol. The minimum absolute atomic E-state index is 0.105. The third kappa shape index (κ3) is 5.81. The Labute approximate surface area is 182 Å². The maximum Gasteiger partial charge on any atom is 0.410 e. The Morgan fingerprint density at radius 1 is 1.16 bits per heavy atom. The molecule has 3 rings (SSSR count). The number of nitrogens with zero attached hydrogens (tertiary/aromatic N) is 4. The Bertz CT molecular complexity index is 935. The largest absolute Gasteiger partial charge is 0.465 e. The Morgan fingerprint density at radius 2 is 1.87 bits per heavy atom. The van der Waals surface area contributed by atoms with Gasteiger partial charge in [0.15, 0.2) is 0 Å². The van der Waals surface area contributed by atoms with Crippen LogP contribution in [0.3, 0.4) is 0 Å². The van der Waals surface area contributed by atoms with Crippen molar-refractivity contribution in [2.45, 2.75) is 39.3 Å². The molecule has 0 bridgehead atoms. The molecule has 2 heterocycles. The monoisotopic (exact) mass is 429 g/mol. The lowest BCUT2D eigenvalue weighted by molar-refractivity contribution is 0.0143. The van der Waals surface area contributed by atoms with E-state index in [1.54, 1.807) is 17.0 Å². The summed E-state index contributed by atoms with van der Waals surface area (Å²) in [5.74, 6) is 0.252. The number of methoxy groups -OCH3 is 1. The Kier molecular flexibility index (Phi) is 6.94. The average Bonchev–Trinajstić information content (AvgIpc) is 2.72. The molecule has 31 heavy (non-hydrogen) atoms. The first kappa shape index (κ1) is 22.7. The predicted molar refractivity (Wildman–Crippen MR) is 118 cm³/mol. The van der Waals surface area contributed by atoms with Gasteiger partial charge in [-0.25, -0.2) is 19.6 Å². The van der Waals surface area contributed by atoms with Crippen molar-refractivity contribution in [3.8, 4) is 0 Å². The van der Waals surface area contributed by atoms with E-state index in [9.17, 15) is 9.59 Å². The highest BCUT2D eigenvalue weighted by molar-refractivity contribution is 6.05. The predicted octanol–water partition coefficient (Wildman–Crippen LogP) is 2.77. The molecule has 1 aromatic heterocycles. The molecule has 1 fully saturated rings. The number of nitrogens with one attached hydrogen (secondary N) is 1. The second kappa shape index (κ2) is 9.47. The summed E-state index contributed by atoms with van der Waals surface area (Å²) in [5, 5.41) is 4.20. The van der Waals surface area contributed by atoms with Gasteiger partial charge in [-0.2, -0.15) is 0 Å². The number of ether oxygens (including phenoxy) is 2. The van der Waals surface area contributed by atoms with Crippen LogP contribution in [0.5, 0.6) is 0 Å². The van der Waals surface area contributed by atoms with E-state index >= 15 is 0 Å². The van der Waals surface area contributed by atoms with Crippen LogP contribution in [0.2, 0.25) is 0 Å². The summed E-state index contributed by atoms with van der Waals surface area (Å²) in [5.41, 5.74) is 0.488. The van der Waals surface area contributed by atoms with E-state index in [0.29, 0.717) is 30.0 Å². The zero-order valence-electron chi connectivity index (χ0n) is 18.8. The molecule has 0 saturated carbocycles. The highest BCUT2D eigenvalue weighted by Gasteiger charge is 2.26. The minimum atomic E-state index is -0.485. The number of rotatable bonds is 5. The molecular formula is C22H31N5O4. The highest BCUT2D eigenvalue weighted by atomic mass is 16.6. The van der Waals surface area contributed by atoms with Crippen molar-refractivity contribution in [1.29, 1.82) is 0 Å². The van der Waals surface area contributed by atoms with Gasteiger partial charge in [-0.05, 0) is 39.8 Å². The maximum atomic E-state index is 12.2. The highest BCUT2D eigenvalue weighted by Crippen LogP contribution is 2.23. The van der Waals surface area contributed by atoms with Crippen molar-refractivity contribution >= 4 is 28.8 Å². The van der Waals surface area contributed by atoms with Crippen LogP contribution < -0.4 is 5.32 Å². The summed E-state index contributed by atoms with van der Waals surface area (Å²) < 4.78 is 10.3. The van der Waals surface area contributed by atoms with Crippen LogP contribution in [-0.4, -0.2) is 83.3 Å². The van der Waals surface area contributed by atoms with Crippen molar-refractivity contribution in [2.75, 3.05) is 45.2 Å². The summed E-state index contributed by atoms with van der Waals surface area (Å²) >= 11 is 0. The third-order valence-corrected chi connectivity index (χ3v) is 5.01. The zero-order chi connectivity index (χ0) is 22.6. The van der Waals surface area contributed by atoms with Crippen LogP contribution >= 0.6 is 0 Å². The van der Waals surface area contributed by atoms with Gasteiger partial charge in [0.25, 0.3) is 0 Å². The number of hydrogen-bond acceptors (Lipinski definition) is 8. The van der Waals surface area contributed by atoms with Crippen molar-refractivity contribution in [1.82, 2.24) is 19.8 Å². The molecule has 1 aliphatic rings. The number of fused-ring (bicyclic) bond motifs is 1. The van der Waals surface area contributed by atoms with Gasteiger partial charge in [-0.1, -0.05) is 6.07 Å². The number of carbonyl (C=O) groups excluding carboxylic acids is 2.